The second-order valence-corrected chi connectivity index (χ2v) is 11.5. The van der Waals surface area contributed by atoms with Gasteiger partial charge in [0.2, 0.25) is 5.91 Å². The average molecular weight is 567 g/mol. The molecule has 5 nitrogen and oxygen atoms in total. The summed E-state index contributed by atoms with van der Waals surface area (Å²) < 4.78 is 11.5. The number of carbonyl (C=O) groups excluding carboxylic acids is 1. The molecule has 2 aromatic carbocycles. The lowest BCUT2D eigenvalue weighted by molar-refractivity contribution is -0.121. The van der Waals surface area contributed by atoms with Crippen molar-refractivity contribution in [3.63, 3.8) is 0 Å². The van der Waals surface area contributed by atoms with Gasteiger partial charge in [-0.15, -0.1) is 0 Å². The van der Waals surface area contributed by atoms with Gasteiger partial charge in [-0.3, -0.25) is 4.79 Å². The number of carbonyl (C=O) groups is 1. The molecule has 230 valence electrons. The van der Waals surface area contributed by atoms with Crippen molar-refractivity contribution in [3.8, 4) is 11.5 Å². The molecule has 0 saturated carbocycles. The van der Waals surface area contributed by atoms with Crippen molar-refractivity contribution >= 4 is 5.91 Å². The van der Waals surface area contributed by atoms with Crippen LogP contribution in [0.25, 0.3) is 0 Å². The maximum Gasteiger partial charge on any atom is 0.220 e. The maximum absolute atomic E-state index is 12.1. The van der Waals surface area contributed by atoms with Gasteiger partial charge in [-0.1, -0.05) is 126 Å². The minimum Gasteiger partial charge on any atom is -0.496 e. The molecular weight excluding hydrogens is 508 g/mol. The van der Waals surface area contributed by atoms with E-state index in [9.17, 15) is 4.79 Å². The van der Waals surface area contributed by atoms with Crippen LogP contribution in [0.2, 0.25) is 0 Å². The van der Waals surface area contributed by atoms with Crippen LogP contribution in [0.3, 0.4) is 0 Å². The van der Waals surface area contributed by atoms with Crippen LogP contribution in [0, 0.1) is 6.92 Å². The zero-order chi connectivity index (χ0) is 29.4. The molecule has 0 unspecified atom stereocenters. The van der Waals surface area contributed by atoms with Crippen LogP contribution in [0.1, 0.15) is 126 Å². The Labute approximate surface area is 251 Å². The van der Waals surface area contributed by atoms with E-state index in [1.54, 1.807) is 7.11 Å². The Morgan fingerprint density at radius 3 is 1.95 bits per heavy atom. The van der Waals surface area contributed by atoms with E-state index in [4.69, 9.17) is 9.47 Å². The third-order valence-corrected chi connectivity index (χ3v) is 7.71. The van der Waals surface area contributed by atoms with E-state index >= 15 is 0 Å². The van der Waals surface area contributed by atoms with Crippen molar-refractivity contribution in [2.24, 2.45) is 0 Å². The highest BCUT2D eigenvalue weighted by atomic mass is 16.5. The Balaban J connectivity index is 1.47. The van der Waals surface area contributed by atoms with E-state index in [0.29, 0.717) is 26.0 Å². The van der Waals surface area contributed by atoms with Crippen molar-refractivity contribution in [1.82, 2.24) is 10.6 Å². The molecule has 41 heavy (non-hydrogen) atoms. The maximum atomic E-state index is 12.1. The first-order valence-corrected chi connectivity index (χ1v) is 16.4. The molecule has 0 atom stereocenters. The standard InChI is InChI=1S/C36H58N2O3/c1-4-5-6-7-8-9-10-11-12-13-14-15-16-17-26-37-30-33-24-25-34(28-35(33)40-3)41-27-18-19-36(39)38-29-32-22-20-31(2)21-23-32/h20-25,28,37H,4-19,26-27,29-30H2,1-3H3,(H,38,39). The predicted molar refractivity (Wildman–Crippen MR) is 173 cm³/mol. The summed E-state index contributed by atoms with van der Waals surface area (Å²) in [5, 5.41) is 6.54. The summed E-state index contributed by atoms with van der Waals surface area (Å²) in [6.45, 7) is 7.23. The Bertz CT molecular complexity index is 929. The van der Waals surface area contributed by atoms with Gasteiger partial charge in [-0.2, -0.15) is 0 Å². The third-order valence-electron chi connectivity index (χ3n) is 7.71. The molecule has 2 N–H and O–H groups in total. The normalized spacial score (nSPS) is 11.0. The summed E-state index contributed by atoms with van der Waals surface area (Å²) in [5.41, 5.74) is 3.47. The van der Waals surface area contributed by atoms with Crippen molar-refractivity contribution < 1.29 is 14.3 Å². The third kappa shape index (κ3) is 17.1. The van der Waals surface area contributed by atoms with Crippen molar-refractivity contribution in [2.75, 3.05) is 20.3 Å². The molecule has 2 rings (SSSR count). The topological polar surface area (TPSA) is 59.6 Å². The number of aryl methyl sites for hydroxylation is 1. The van der Waals surface area contributed by atoms with Crippen LogP contribution >= 0.6 is 0 Å². The molecule has 0 fully saturated rings. The highest BCUT2D eigenvalue weighted by Gasteiger charge is 2.07. The Hall–Kier alpha value is -2.53. The molecule has 2 aromatic rings. The fraction of sp³-hybridized carbons (Fsp3) is 0.639. The van der Waals surface area contributed by atoms with E-state index in [0.717, 1.165) is 35.7 Å². The SMILES string of the molecule is CCCCCCCCCCCCCCCCNCc1ccc(OCCCC(=O)NCc2ccc(C)cc2)cc1OC. The molecule has 0 saturated heterocycles. The lowest BCUT2D eigenvalue weighted by atomic mass is 10.0. The molecule has 0 radical (unpaired) electrons. The van der Waals surface area contributed by atoms with E-state index in [1.165, 1.54) is 95.5 Å². The first-order valence-electron chi connectivity index (χ1n) is 16.4. The summed E-state index contributed by atoms with van der Waals surface area (Å²) in [5.74, 6) is 1.66. The van der Waals surface area contributed by atoms with E-state index in [-0.39, 0.29) is 5.91 Å². The lowest BCUT2D eigenvalue weighted by Gasteiger charge is -2.13. The van der Waals surface area contributed by atoms with Gasteiger partial charge in [0, 0.05) is 31.1 Å². The molecule has 0 spiro atoms. The Morgan fingerprint density at radius 2 is 1.34 bits per heavy atom. The Morgan fingerprint density at radius 1 is 0.732 bits per heavy atom. The fourth-order valence-corrected chi connectivity index (χ4v) is 5.05. The molecule has 1 amide bonds. The average Bonchev–Trinajstić information content (AvgIpc) is 2.99. The second kappa shape index (κ2) is 23.1. The number of hydrogen-bond donors (Lipinski definition) is 2. The van der Waals surface area contributed by atoms with Gasteiger partial charge >= 0.3 is 0 Å². The first-order chi connectivity index (χ1) is 20.1. The zero-order valence-electron chi connectivity index (χ0n) is 26.4. The summed E-state index contributed by atoms with van der Waals surface area (Å²) >= 11 is 0. The number of nitrogens with one attached hydrogen (secondary N) is 2. The molecule has 0 aromatic heterocycles. The van der Waals surface area contributed by atoms with E-state index < -0.39 is 0 Å². The lowest BCUT2D eigenvalue weighted by Crippen LogP contribution is -2.22. The minimum atomic E-state index is 0.0481. The summed E-state index contributed by atoms with van der Waals surface area (Å²) in [6.07, 6.45) is 20.5. The molecule has 0 aliphatic rings. The number of methoxy groups -OCH3 is 1. The van der Waals surface area contributed by atoms with Crippen LogP contribution in [-0.2, 0) is 17.9 Å². The molecular formula is C36H58N2O3. The molecule has 0 aliphatic carbocycles. The zero-order valence-corrected chi connectivity index (χ0v) is 26.4. The van der Waals surface area contributed by atoms with Gasteiger partial charge in [0.25, 0.3) is 0 Å². The number of ether oxygens (including phenoxy) is 2. The summed E-state index contributed by atoms with van der Waals surface area (Å²) in [7, 11) is 1.70. The smallest absolute Gasteiger partial charge is 0.220 e. The van der Waals surface area contributed by atoms with Crippen LogP contribution in [0.5, 0.6) is 11.5 Å². The molecule has 0 heterocycles. The molecule has 0 aliphatic heterocycles. The van der Waals surface area contributed by atoms with Crippen molar-refractivity contribution in [3.05, 3.63) is 59.2 Å². The van der Waals surface area contributed by atoms with Gasteiger partial charge in [0.15, 0.2) is 0 Å². The largest absolute Gasteiger partial charge is 0.496 e. The monoisotopic (exact) mass is 566 g/mol. The van der Waals surface area contributed by atoms with Gasteiger partial charge in [-0.05, 0) is 37.9 Å². The van der Waals surface area contributed by atoms with Crippen LogP contribution < -0.4 is 20.1 Å². The van der Waals surface area contributed by atoms with Gasteiger partial charge < -0.3 is 20.1 Å². The fourth-order valence-electron chi connectivity index (χ4n) is 5.05. The Kier molecular flexibility index (Phi) is 19.5. The van der Waals surface area contributed by atoms with E-state index in [2.05, 4.69) is 42.7 Å². The number of rotatable bonds is 25. The molecule has 0 bridgehead atoms. The number of hydrogen-bond acceptors (Lipinski definition) is 4. The summed E-state index contributed by atoms with van der Waals surface area (Å²) in [6, 6.07) is 14.2. The van der Waals surface area contributed by atoms with Crippen LogP contribution in [-0.4, -0.2) is 26.2 Å². The highest BCUT2D eigenvalue weighted by molar-refractivity contribution is 5.75. The van der Waals surface area contributed by atoms with Gasteiger partial charge in [0.05, 0.1) is 13.7 Å². The second-order valence-electron chi connectivity index (χ2n) is 11.5. The predicted octanol–water partition coefficient (Wildman–Crippen LogP) is 9.05. The first kappa shape index (κ1) is 34.7. The number of benzene rings is 2. The van der Waals surface area contributed by atoms with Crippen molar-refractivity contribution in [2.45, 2.75) is 130 Å². The number of amides is 1. The number of unbranched alkanes of at least 4 members (excludes halogenated alkanes) is 13. The van der Waals surface area contributed by atoms with Gasteiger partial charge in [-0.25, -0.2) is 0 Å². The van der Waals surface area contributed by atoms with Crippen LogP contribution in [0.15, 0.2) is 42.5 Å². The quantitative estimate of drug-likeness (QED) is 0.118. The van der Waals surface area contributed by atoms with Gasteiger partial charge in [0.1, 0.15) is 11.5 Å². The molecule has 5 heteroatoms. The van der Waals surface area contributed by atoms with E-state index in [1.807, 2.05) is 24.3 Å². The highest BCUT2D eigenvalue weighted by Crippen LogP contribution is 2.25. The van der Waals surface area contributed by atoms with Crippen molar-refractivity contribution in [1.29, 1.82) is 0 Å². The summed E-state index contributed by atoms with van der Waals surface area (Å²) in [4.78, 5) is 12.1. The van der Waals surface area contributed by atoms with Crippen LogP contribution in [0.4, 0.5) is 0 Å². The minimum absolute atomic E-state index is 0.0481.